The predicted octanol–water partition coefficient (Wildman–Crippen LogP) is 3.13. The van der Waals surface area contributed by atoms with E-state index < -0.39 is 10.0 Å². The lowest BCUT2D eigenvalue weighted by Gasteiger charge is -2.37. The van der Waals surface area contributed by atoms with Gasteiger partial charge in [-0.15, -0.1) is 0 Å². The van der Waals surface area contributed by atoms with Crippen LogP contribution in [0.2, 0.25) is 10.0 Å². The lowest BCUT2D eigenvalue weighted by Crippen LogP contribution is -2.55. The van der Waals surface area contributed by atoms with Crippen molar-refractivity contribution in [2.75, 3.05) is 45.8 Å². The van der Waals surface area contributed by atoms with Gasteiger partial charge in [-0.2, -0.15) is 4.31 Å². The Morgan fingerprint density at radius 1 is 1.07 bits per heavy atom. The number of carbonyl (C=O) groups is 1. The van der Waals surface area contributed by atoms with Crippen molar-refractivity contribution in [1.82, 2.24) is 19.4 Å². The third-order valence-electron chi connectivity index (χ3n) is 5.59. The average Bonchev–Trinajstić information content (AvgIpc) is 2.71. The van der Waals surface area contributed by atoms with Crippen LogP contribution in [0.5, 0.6) is 0 Å². The highest BCUT2D eigenvalue weighted by Crippen LogP contribution is 2.27. The number of amides is 2. The molecule has 3 rings (SSSR count). The molecule has 0 atom stereocenters. The molecule has 0 aliphatic carbocycles. The van der Waals surface area contributed by atoms with Crippen LogP contribution in [0.25, 0.3) is 0 Å². The van der Waals surface area contributed by atoms with Crippen molar-refractivity contribution in [1.29, 1.82) is 0 Å². The molecule has 1 aromatic rings. The van der Waals surface area contributed by atoms with Crippen LogP contribution in [0, 0.1) is 5.92 Å². The number of nitrogens with zero attached hydrogens (tertiary/aromatic N) is 3. The second-order valence-electron chi connectivity index (χ2n) is 8.39. The van der Waals surface area contributed by atoms with E-state index in [1.165, 1.54) is 22.5 Å². The first kappa shape index (κ1) is 23.6. The van der Waals surface area contributed by atoms with Gasteiger partial charge in [-0.1, -0.05) is 37.0 Å². The summed E-state index contributed by atoms with van der Waals surface area (Å²) in [5, 5.41) is 3.64. The molecule has 2 saturated heterocycles. The van der Waals surface area contributed by atoms with E-state index in [0.717, 1.165) is 32.5 Å². The fourth-order valence-corrected chi connectivity index (χ4v) is 5.77. The minimum Gasteiger partial charge on any atom is -0.335 e. The molecule has 2 aliphatic rings. The first-order valence-corrected chi connectivity index (χ1v) is 12.6. The van der Waals surface area contributed by atoms with Gasteiger partial charge in [0.05, 0.1) is 14.9 Å². The minimum absolute atomic E-state index is 0.108. The van der Waals surface area contributed by atoms with Gasteiger partial charge in [0.2, 0.25) is 10.0 Å². The molecule has 2 amide bonds. The molecular weight excluding hydrogens is 447 g/mol. The van der Waals surface area contributed by atoms with E-state index in [1.54, 1.807) is 4.90 Å². The lowest BCUT2D eigenvalue weighted by atomic mass is 10.0. The normalized spacial score (nSPS) is 20.0. The molecule has 1 aromatic carbocycles. The molecule has 0 spiro atoms. The van der Waals surface area contributed by atoms with Gasteiger partial charge in [-0.25, -0.2) is 13.2 Å². The Morgan fingerprint density at radius 3 is 2.27 bits per heavy atom. The van der Waals surface area contributed by atoms with Crippen LogP contribution in [0.15, 0.2) is 23.1 Å². The quantitative estimate of drug-likeness (QED) is 0.708. The number of carbonyl (C=O) groups excluding carboxylic acids is 1. The minimum atomic E-state index is -3.67. The van der Waals surface area contributed by atoms with Crippen LogP contribution >= 0.6 is 23.2 Å². The number of likely N-dealkylation sites (tertiary alicyclic amines) is 1. The van der Waals surface area contributed by atoms with Crippen molar-refractivity contribution < 1.29 is 13.2 Å². The van der Waals surface area contributed by atoms with E-state index in [4.69, 9.17) is 23.2 Å². The number of nitrogens with one attached hydrogen (secondary N) is 1. The third kappa shape index (κ3) is 5.79. The van der Waals surface area contributed by atoms with Crippen LogP contribution in [0.4, 0.5) is 4.79 Å². The van der Waals surface area contributed by atoms with Gasteiger partial charge in [-0.3, -0.25) is 0 Å². The van der Waals surface area contributed by atoms with Gasteiger partial charge >= 0.3 is 6.03 Å². The zero-order valence-corrected chi connectivity index (χ0v) is 19.8. The second-order valence-corrected chi connectivity index (χ2v) is 11.1. The molecule has 1 N–H and O–H groups in total. The Bertz CT molecular complexity index is 850. The van der Waals surface area contributed by atoms with Crippen molar-refractivity contribution in [2.45, 2.75) is 37.6 Å². The largest absolute Gasteiger partial charge is 0.335 e. The number of urea groups is 1. The summed E-state index contributed by atoms with van der Waals surface area (Å²) in [4.78, 5) is 16.9. The maximum absolute atomic E-state index is 12.9. The number of hydrogen-bond acceptors (Lipinski definition) is 4. The zero-order chi connectivity index (χ0) is 21.9. The van der Waals surface area contributed by atoms with Crippen molar-refractivity contribution in [3.63, 3.8) is 0 Å². The summed E-state index contributed by atoms with van der Waals surface area (Å²) in [5.41, 5.74) is 0. The summed E-state index contributed by atoms with van der Waals surface area (Å²) in [6, 6.07) is 4.37. The number of benzene rings is 1. The Kier molecular flexibility index (Phi) is 7.90. The van der Waals surface area contributed by atoms with Crippen molar-refractivity contribution in [2.24, 2.45) is 5.92 Å². The van der Waals surface area contributed by atoms with Gasteiger partial charge < -0.3 is 15.1 Å². The molecule has 0 bridgehead atoms. The van der Waals surface area contributed by atoms with Crippen molar-refractivity contribution in [3.05, 3.63) is 28.2 Å². The Balaban J connectivity index is 1.49. The first-order valence-electron chi connectivity index (χ1n) is 10.4. The van der Waals surface area contributed by atoms with Crippen LogP contribution in [0.1, 0.15) is 26.7 Å². The van der Waals surface area contributed by atoms with E-state index in [0.29, 0.717) is 24.0 Å². The highest BCUT2D eigenvalue weighted by atomic mass is 35.5. The van der Waals surface area contributed by atoms with Gasteiger partial charge in [0.15, 0.2) is 0 Å². The third-order valence-corrected chi connectivity index (χ3v) is 8.23. The van der Waals surface area contributed by atoms with Gasteiger partial charge in [-0.05, 0) is 37.0 Å². The Labute approximate surface area is 189 Å². The van der Waals surface area contributed by atoms with Gasteiger partial charge in [0, 0.05) is 51.9 Å². The molecule has 2 fully saturated rings. The van der Waals surface area contributed by atoms with E-state index >= 15 is 0 Å². The maximum atomic E-state index is 12.9. The first-order chi connectivity index (χ1) is 14.2. The molecule has 0 saturated carbocycles. The number of piperazine rings is 1. The van der Waals surface area contributed by atoms with Crippen LogP contribution in [0.3, 0.4) is 0 Å². The number of sulfonamides is 1. The maximum Gasteiger partial charge on any atom is 0.317 e. The smallest absolute Gasteiger partial charge is 0.317 e. The number of hydrogen-bond donors (Lipinski definition) is 1. The van der Waals surface area contributed by atoms with Crippen LogP contribution in [-0.2, 0) is 10.0 Å². The Hall–Kier alpha value is -1.06. The zero-order valence-electron chi connectivity index (χ0n) is 17.5. The topological polar surface area (TPSA) is 73.0 Å². The number of piperidine rings is 1. The van der Waals surface area contributed by atoms with Gasteiger partial charge in [0.1, 0.15) is 0 Å². The summed E-state index contributed by atoms with van der Waals surface area (Å²) in [6.45, 7) is 8.75. The van der Waals surface area contributed by atoms with E-state index in [2.05, 4.69) is 24.1 Å². The summed E-state index contributed by atoms with van der Waals surface area (Å²) in [5.74, 6) is 0.646. The molecule has 10 heteroatoms. The predicted molar refractivity (Wildman–Crippen MR) is 120 cm³/mol. The summed E-state index contributed by atoms with van der Waals surface area (Å²) in [7, 11) is -3.67. The molecule has 0 unspecified atom stereocenters. The molecule has 0 radical (unpaired) electrons. The molecule has 0 aromatic heterocycles. The monoisotopic (exact) mass is 476 g/mol. The molecule has 168 valence electrons. The van der Waals surface area contributed by atoms with E-state index in [9.17, 15) is 13.2 Å². The Morgan fingerprint density at radius 2 is 1.70 bits per heavy atom. The fourth-order valence-electron chi connectivity index (χ4n) is 3.96. The summed E-state index contributed by atoms with van der Waals surface area (Å²) >= 11 is 11.9. The van der Waals surface area contributed by atoms with Crippen LogP contribution < -0.4 is 5.32 Å². The number of rotatable bonds is 5. The van der Waals surface area contributed by atoms with Crippen molar-refractivity contribution >= 4 is 39.3 Å². The average molecular weight is 477 g/mol. The highest BCUT2D eigenvalue weighted by molar-refractivity contribution is 7.89. The molecule has 30 heavy (non-hydrogen) atoms. The standard InChI is InChI=1S/C20H30Cl2N4O3S/c1-15(2)14-24-7-5-16(6-8-24)23-20(27)25-9-11-26(12-10-25)30(28,29)17-3-4-18(21)19(22)13-17/h3-4,13,15-16H,5-12,14H2,1-2H3,(H,23,27). The fraction of sp³-hybridized carbons (Fsp3) is 0.650. The number of halogens is 2. The second kappa shape index (κ2) is 10.0. The molecule has 2 heterocycles. The molecule has 2 aliphatic heterocycles. The summed E-state index contributed by atoms with van der Waals surface area (Å²) < 4.78 is 27.1. The summed E-state index contributed by atoms with van der Waals surface area (Å²) in [6.07, 6.45) is 1.90. The molecular formula is C20H30Cl2N4O3S. The highest BCUT2D eigenvalue weighted by Gasteiger charge is 2.31. The molecule has 7 nitrogen and oxygen atoms in total. The lowest BCUT2D eigenvalue weighted by molar-refractivity contribution is 0.152. The van der Waals surface area contributed by atoms with Crippen molar-refractivity contribution in [3.8, 4) is 0 Å². The van der Waals surface area contributed by atoms with Crippen LogP contribution in [-0.4, -0.2) is 80.4 Å². The van der Waals surface area contributed by atoms with Gasteiger partial charge in [0.25, 0.3) is 0 Å². The van der Waals surface area contributed by atoms with E-state index in [-0.39, 0.29) is 35.1 Å². The SMILES string of the molecule is CC(C)CN1CCC(NC(=O)N2CCN(S(=O)(=O)c3ccc(Cl)c(Cl)c3)CC2)CC1. The van der Waals surface area contributed by atoms with E-state index in [1.807, 2.05) is 0 Å².